The van der Waals surface area contributed by atoms with Crippen molar-refractivity contribution < 1.29 is 33.4 Å². The van der Waals surface area contributed by atoms with Crippen molar-refractivity contribution in [3.63, 3.8) is 0 Å². The molecular formula is C19H25N3O7. The molecule has 0 aromatic carbocycles. The minimum absolute atomic E-state index is 0.197. The second-order valence-electron chi connectivity index (χ2n) is 6.79. The average Bonchev–Trinajstić information content (AvgIpc) is 2.64. The number of esters is 2. The van der Waals surface area contributed by atoms with Gasteiger partial charge < -0.3 is 19.5 Å². The average molecular weight is 407 g/mol. The standard InChI is InChI=1S/C19H25N3O7/c1-5-27-18(25)15-13(16(23)22-15)8-12-6-7-20-14(9-12)21-19(26)29-11(4)28-17(24)10(2)3/h6-7,9-11,13,15H,5,8H2,1-4H3,(H,22,23)(H,20,21,26)/t11?,13?,15-/m0/s1. The zero-order valence-electron chi connectivity index (χ0n) is 16.8. The van der Waals surface area contributed by atoms with E-state index in [0.29, 0.717) is 5.56 Å². The Balaban J connectivity index is 1.92. The zero-order valence-corrected chi connectivity index (χ0v) is 16.8. The summed E-state index contributed by atoms with van der Waals surface area (Å²) in [4.78, 5) is 51.1. The SMILES string of the molecule is CCOC(=O)[C@H]1NC(=O)C1Cc1ccnc(NC(=O)OC(C)OC(=O)C(C)C)c1. The van der Waals surface area contributed by atoms with Gasteiger partial charge in [-0.15, -0.1) is 0 Å². The summed E-state index contributed by atoms with van der Waals surface area (Å²) in [5.74, 6) is -1.90. The molecule has 2 heterocycles. The molecule has 1 saturated heterocycles. The molecule has 0 saturated carbocycles. The van der Waals surface area contributed by atoms with Gasteiger partial charge >= 0.3 is 18.0 Å². The van der Waals surface area contributed by atoms with Crippen molar-refractivity contribution in [1.82, 2.24) is 10.3 Å². The Morgan fingerprint density at radius 2 is 1.97 bits per heavy atom. The van der Waals surface area contributed by atoms with E-state index in [9.17, 15) is 19.2 Å². The first-order valence-electron chi connectivity index (χ1n) is 9.31. The number of anilines is 1. The van der Waals surface area contributed by atoms with E-state index in [4.69, 9.17) is 14.2 Å². The highest BCUT2D eigenvalue weighted by Crippen LogP contribution is 2.22. The molecule has 0 radical (unpaired) electrons. The van der Waals surface area contributed by atoms with Gasteiger partial charge in [0.25, 0.3) is 0 Å². The minimum Gasteiger partial charge on any atom is -0.464 e. The van der Waals surface area contributed by atoms with Gasteiger partial charge in [-0.2, -0.15) is 0 Å². The van der Waals surface area contributed by atoms with Gasteiger partial charge in [0.15, 0.2) is 0 Å². The first-order valence-corrected chi connectivity index (χ1v) is 9.31. The second kappa shape index (κ2) is 9.85. The Bertz CT molecular complexity index is 781. The van der Waals surface area contributed by atoms with Gasteiger partial charge in [0.1, 0.15) is 11.9 Å². The summed E-state index contributed by atoms with van der Waals surface area (Å²) < 4.78 is 14.9. The van der Waals surface area contributed by atoms with Crippen LogP contribution in [-0.2, 0) is 35.0 Å². The Kier molecular flexibility index (Phi) is 7.52. The van der Waals surface area contributed by atoms with Crippen molar-refractivity contribution in [3.05, 3.63) is 23.9 Å². The summed E-state index contributed by atoms with van der Waals surface area (Å²) in [6.45, 7) is 6.68. The minimum atomic E-state index is -1.06. The monoisotopic (exact) mass is 407 g/mol. The molecule has 2 amide bonds. The van der Waals surface area contributed by atoms with Crippen LogP contribution in [0.25, 0.3) is 0 Å². The van der Waals surface area contributed by atoms with Crippen LogP contribution in [0.5, 0.6) is 0 Å². The fraction of sp³-hybridized carbons (Fsp3) is 0.526. The number of ether oxygens (including phenoxy) is 3. The lowest BCUT2D eigenvalue weighted by Gasteiger charge is -2.34. The summed E-state index contributed by atoms with van der Waals surface area (Å²) >= 11 is 0. The molecule has 1 aromatic heterocycles. The van der Waals surface area contributed by atoms with Crippen molar-refractivity contribution in [2.75, 3.05) is 11.9 Å². The number of hydrogen-bond acceptors (Lipinski definition) is 8. The summed E-state index contributed by atoms with van der Waals surface area (Å²) in [5.41, 5.74) is 0.698. The largest absolute Gasteiger partial charge is 0.464 e. The van der Waals surface area contributed by atoms with Crippen LogP contribution in [0.15, 0.2) is 18.3 Å². The summed E-state index contributed by atoms with van der Waals surface area (Å²) in [6, 6.07) is 2.56. The van der Waals surface area contributed by atoms with E-state index in [0.717, 1.165) is 0 Å². The summed E-state index contributed by atoms with van der Waals surface area (Å²) in [7, 11) is 0. The number of aromatic nitrogens is 1. The molecule has 29 heavy (non-hydrogen) atoms. The lowest BCUT2D eigenvalue weighted by molar-refractivity contribution is -0.168. The fourth-order valence-corrected chi connectivity index (χ4v) is 2.61. The van der Waals surface area contributed by atoms with Crippen LogP contribution >= 0.6 is 0 Å². The molecule has 1 aromatic rings. The number of amides is 2. The number of hydrogen-bond donors (Lipinski definition) is 2. The quantitative estimate of drug-likeness (QED) is 0.375. The predicted octanol–water partition coefficient (Wildman–Crippen LogP) is 1.40. The molecule has 10 heteroatoms. The van der Waals surface area contributed by atoms with Gasteiger partial charge in [-0.25, -0.2) is 14.6 Å². The van der Waals surface area contributed by atoms with E-state index in [-0.39, 0.29) is 30.7 Å². The van der Waals surface area contributed by atoms with Crippen LogP contribution in [0.4, 0.5) is 10.6 Å². The molecule has 1 aliphatic rings. The second-order valence-corrected chi connectivity index (χ2v) is 6.79. The number of carbonyl (C=O) groups is 4. The third-order valence-electron chi connectivity index (χ3n) is 4.11. The van der Waals surface area contributed by atoms with E-state index >= 15 is 0 Å². The summed E-state index contributed by atoms with van der Waals surface area (Å²) in [6.07, 6.45) is -0.158. The molecule has 2 unspecified atom stereocenters. The lowest BCUT2D eigenvalue weighted by atomic mass is 9.85. The van der Waals surface area contributed by atoms with Crippen molar-refractivity contribution in [2.24, 2.45) is 11.8 Å². The van der Waals surface area contributed by atoms with E-state index in [1.165, 1.54) is 13.1 Å². The molecule has 0 bridgehead atoms. The Morgan fingerprint density at radius 3 is 2.59 bits per heavy atom. The van der Waals surface area contributed by atoms with Crippen LogP contribution in [0, 0.1) is 11.8 Å². The van der Waals surface area contributed by atoms with E-state index in [1.807, 2.05) is 0 Å². The molecule has 10 nitrogen and oxygen atoms in total. The van der Waals surface area contributed by atoms with E-state index in [2.05, 4.69) is 15.6 Å². The van der Waals surface area contributed by atoms with Gasteiger partial charge in [-0.3, -0.25) is 14.9 Å². The van der Waals surface area contributed by atoms with Gasteiger partial charge in [-0.1, -0.05) is 13.8 Å². The number of rotatable bonds is 8. The molecule has 158 valence electrons. The maximum absolute atomic E-state index is 12.0. The van der Waals surface area contributed by atoms with E-state index in [1.54, 1.807) is 32.9 Å². The van der Waals surface area contributed by atoms with Gasteiger partial charge in [0.05, 0.1) is 18.4 Å². The number of nitrogens with zero attached hydrogens (tertiary/aromatic N) is 1. The first-order chi connectivity index (χ1) is 13.7. The molecule has 3 atom stereocenters. The number of pyridine rings is 1. The number of carbonyl (C=O) groups excluding carboxylic acids is 4. The molecule has 2 rings (SSSR count). The lowest BCUT2D eigenvalue weighted by Crippen LogP contribution is -2.63. The molecule has 0 aliphatic carbocycles. The third kappa shape index (κ3) is 6.16. The Labute approximate surface area is 168 Å². The number of nitrogens with one attached hydrogen (secondary N) is 2. The highest BCUT2D eigenvalue weighted by atomic mass is 16.7. The van der Waals surface area contributed by atoms with Crippen molar-refractivity contribution in [3.8, 4) is 0 Å². The Morgan fingerprint density at radius 1 is 1.24 bits per heavy atom. The normalized spacial score (nSPS) is 18.9. The maximum atomic E-state index is 12.0. The van der Waals surface area contributed by atoms with Gasteiger partial charge in [0, 0.05) is 13.1 Å². The van der Waals surface area contributed by atoms with Crippen molar-refractivity contribution in [1.29, 1.82) is 0 Å². The van der Waals surface area contributed by atoms with Gasteiger partial charge in [0.2, 0.25) is 12.2 Å². The zero-order chi connectivity index (χ0) is 21.6. The molecule has 1 fully saturated rings. The van der Waals surface area contributed by atoms with Crippen molar-refractivity contribution >= 4 is 29.8 Å². The molecule has 2 N–H and O–H groups in total. The molecule has 0 spiro atoms. The van der Waals surface area contributed by atoms with Crippen LogP contribution in [-0.4, -0.2) is 47.9 Å². The van der Waals surface area contributed by atoms with E-state index < -0.39 is 36.3 Å². The first kappa shape index (κ1) is 22.1. The maximum Gasteiger partial charge on any atom is 0.415 e. The van der Waals surface area contributed by atoms with Crippen molar-refractivity contribution in [2.45, 2.75) is 46.4 Å². The highest BCUT2D eigenvalue weighted by molar-refractivity contribution is 5.97. The predicted molar refractivity (Wildman–Crippen MR) is 100 cm³/mol. The van der Waals surface area contributed by atoms with Crippen LogP contribution in [0.3, 0.4) is 0 Å². The Hall–Kier alpha value is -3.17. The topological polar surface area (TPSA) is 133 Å². The molecular weight excluding hydrogens is 382 g/mol. The third-order valence-corrected chi connectivity index (χ3v) is 4.11. The highest BCUT2D eigenvalue weighted by Gasteiger charge is 2.44. The van der Waals surface area contributed by atoms with Crippen LogP contribution in [0.2, 0.25) is 0 Å². The number of β-lactam (4-membered cyclic amide) rings is 1. The summed E-state index contributed by atoms with van der Waals surface area (Å²) in [5, 5.41) is 4.96. The molecule has 1 aliphatic heterocycles. The van der Waals surface area contributed by atoms with Gasteiger partial charge in [-0.05, 0) is 31.0 Å². The van der Waals surface area contributed by atoms with Crippen LogP contribution in [0.1, 0.15) is 33.3 Å². The van der Waals surface area contributed by atoms with Crippen LogP contribution < -0.4 is 10.6 Å². The fourth-order valence-electron chi connectivity index (χ4n) is 2.61. The smallest absolute Gasteiger partial charge is 0.415 e.